The predicted octanol–water partition coefficient (Wildman–Crippen LogP) is 4.22. The smallest absolute Gasteiger partial charge is 0.206 e. The fourth-order valence-corrected chi connectivity index (χ4v) is 2.83. The van der Waals surface area contributed by atoms with E-state index in [1.807, 2.05) is 35.8 Å². The topological polar surface area (TPSA) is 43.9 Å². The summed E-state index contributed by atoms with van der Waals surface area (Å²) in [5.41, 5.74) is 4.22. The Morgan fingerprint density at radius 2 is 1.87 bits per heavy atom. The first-order chi connectivity index (χ1) is 11.2. The third-order valence-corrected chi connectivity index (χ3v) is 4.04. The molecule has 0 N–H and O–H groups in total. The monoisotopic (exact) mass is 303 g/mol. The lowest BCUT2D eigenvalue weighted by Crippen LogP contribution is -2.03. The lowest BCUT2D eigenvalue weighted by molar-refractivity contribution is 0.509. The number of rotatable bonds is 3. The minimum Gasteiger partial charge on any atom is -0.445 e. The predicted molar refractivity (Wildman–Crippen MR) is 89.9 cm³/mol. The van der Waals surface area contributed by atoms with Crippen molar-refractivity contribution in [2.24, 2.45) is 0 Å². The summed E-state index contributed by atoms with van der Waals surface area (Å²) in [5, 5.41) is 0. The van der Waals surface area contributed by atoms with Crippen molar-refractivity contribution in [1.29, 1.82) is 0 Å². The molecule has 0 bridgehead atoms. The van der Waals surface area contributed by atoms with E-state index in [0.717, 1.165) is 35.1 Å². The summed E-state index contributed by atoms with van der Waals surface area (Å²) >= 11 is 0. The van der Waals surface area contributed by atoms with Crippen LogP contribution in [0.2, 0.25) is 0 Å². The minimum atomic E-state index is 0.739. The van der Waals surface area contributed by atoms with Crippen LogP contribution in [0.15, 0.2) is 59.1 Å². The molecule has 0 radical (unpaired) electrons. The van der Waals surface area contributed by atoms with Gasteiger partial charge in [-0.2, -0.15) is 0 Å². The molecule has 23 heavy (non-hydrogen) atoms. The van der Waals surface area contributed by atoms with E-state index in [1.54, 1.807) is 6.20 Å². The number of pyridine rings is 1. The molecule has 4 nitrogen and oxygen atoms in total. The van der Waals surface area contributed by atoms with Gasteiger partial charge in [0.25, 0.3) is 0 Å². The third-order valence-electron chi connectivity index (χ3n) is 4.04. The molecule has 4 aromatic rings. The van der Waals surface area contributed by atoms with Gasteiger partial charge in [-0.1, -0.05) is 24.3 Å². The van der Waals surface area contributed by atoms with E-state index in [0.29, 0.717) is 0 Å². The molecule has 1 aromatic carbocycles. The van der Waals surface area contributed by atoms with Crippen molar-refractivity contribution in [1.82, 2.24) is 14.5 Å². The number of aromatic nitrogens is 3. The highest BCUT2D eigenvalue weighted by molar-refractivity contribution is 5.73. The Bertz CT molecular complexity index is 981. The summed E-state index contributed by atoms with van der Waals surface area (Å²) in [6.45, 7) is 4.06. The zero-order valence-electron chi connectivity index (χ0n) is 13.2. The molecular weight excluding hydrogens is 286 g/mol. The molecule has 0 amide bonds. The van der Waals surface area contributed by atoms with Gasteiger partial charge in [0.2, 0.25) is 5.88 Å². The maximum atomic E-state index is 5.83. The van der Waals surface area contributed by atoms with Gasteiger partial charge >= 0.3 is 0 Å². The average Bonchev–Trinajstić information content (AvgIpc) is 3.12. The van der Waals surface area contributed by atoms with Gasteiger partial charge in [0.1, 0.15) is 17.1 Å². The van der Waals surface area contributed by atoms with Crippen LogP contribution in [0.25, 0.3) is 17.0 Å². The van der Waals surface area contributed by atoms with Crippen LogP contribution in [0.5, 0.6) is 0 Å². The van der Waals surface area contributed by atoms with E-state index in [1.165, 1.54) is 11.1 Å². The van der Waals surface area contributed by atoms with E-state index >= 15 is 0 Å². The molecule has 0 aliphatic carbocycles. The molecule has 0 aliphatic rings. The van der Waals surface area contributed by atoms with Crippen LogP contribution < -0.4 is 0 Å². The van der Waals surface area contributed by atoms with Crippen molar-refractivity contribution in [3.8, 4) is 5.88 Å². The van der Waals surface area contributed by atoms with Gasteiger partial charge in [0, 0.05) is 18.7 Å². The molecule has 0 aliphatic heterocycles. The lowest BCUT2D eigenvalue weighted by Gasteiger charge is -2.07. The van der Waals surface area contributed by atoms with Crippen molar-refractivity contribution in [3.05, 3.63) is 77.4 Å². The van der Waals surface area contributed by atoms with Crippen molar-refractivity contribution >= 4 is 11.2 Å². The molecule has 114 valence electrons. The molecule has 0 unspecified atom stereocenters. The minimum absolute atomic E-state index is 0.739. The van der Waals surface area contributed by atoms with Crippen molar-refractivity contribution in [2.45, 2.75) is 20.3 Å². The first-order valence-electron chi connectivity index (χ1n) is 7.66. The standard InChI is InChI=1S/C19H17N3O/c1-13-6-3-4-7-15(13)12-17-21-16-8-5-11-20-19(16)22(17)18-10-9-14(2)23-18/h3-11H,12H2,1-2H3. The van der Waals surface area contributed by atoms with Crippen LogP contribution >= 0.6 is 0 Å². The van der Waals surface area contributed by atoms with E-state index in [9.17, 15) is 0 Å². The molecule has 3 heterocycles. The number of nitrogens with zero attached hydrogens (tertiary/aromatic N) is 3. The van der Waals surface area contributed by atoms with E-state index in [2.05, 4.69) is 36.2 Å². The van der Waals surface area contributed by atoms with Gasteiger partial charge in [-0.3, -0.25) is 0 Å². The van der Waals surface area contributed by atoms with Crippen LogP contribution in [-0.2, 0) is 6.42 Å². The Morgan fingerprint density at radius 3 is 2.65 bits per heavy atom. The first kappa shape index (κ1) is 13.8. The average molecular weight is 303 g/mol. The van der Waals surface area contributed by atoms with Crippen LogP contribution in [0, 0.1) is 13.8 Å². The quantitative estimate of drug-likeness (QED) is 0.569. The van der Waals surface area contributed by atoms with E-state index in [-0.39, 0.29) is 0 Å². The Labute approximate surface area is 134 Å². The molecule has 0 atom stereocenters. The fourth-order valence-electron chi connectivity index (χ4n) is 2.83. The molecule has 4 heteroatoms. The number of fused-ring (bicyclic) bond motifs is 1. The summed E-state index contributed by atoms with van der Waals surface area (Å²) in [4.78, 5) is 9.27. The van der Waals surface area contributed by atoms with Gasteiger partial charge in [-0.05, 0) is 43.2 Å². The van der Waals surface area contributed by atoms with E-state index in [4.69, 9.17) is 9.40 Å². The SMILES string of the molecule is Cc1ccc(-n2c(Cc3ccccc3C)nc3cccnc32)o1. The second kappa shape index (κ2) is 5.39. The number of hydrogen-bond acceptors (Lipinski definition) is 3. The van der Waals surface area contributed by atoms with Crippen LogP contribution in [0.3, 0.4) is 0 Å². The summed E-state index contributed by atoms with van der Waals surface area (Å²) < 4.78 is 7.84. The summed E-state index contributed by atoms with van der Waals surface area (Å²) in [6, 6.07) is 16.2. The number of aryl methyl sites for hydroxylation is 2. The van der Waals surface area contributed by atoms with Gasteiger partial charge in [0.15, 0.2) is 5.65 Å². The Kier molecular flexibility index (Phi) is 3.23. The number of hydrogen-bond donors (Lipinski definition) is 0. The largest absolute Gasteiger partial charge is 0.445 e. The molecule has 3 aromatic heterocycles. The van der Waals surface area contributed by atoms with Gasteiger partial charge in [0.05, 0.1) is 0 Å². The third kappa shape index (κ3) is 2.42. The Hall–Kier alpha value is -2.88. The maximum absolute atomic E-state index is 5.83. The maximum Gasteiger partial charge on any atom is 0.206 e. The fraction of sp³-hybridized carbons (Fsp3) is 0.158. The van der Waals surface area contributed by atoms with Crippen molar-refractivity contribution < 1.29 is 4.42 Å². The number of imidazole rings is 1. The van der Waals surface area contributed by atoms with Crippen LogP contribution in [-0.4, -0.2) is 14.5 Å². The summed E-state index contributed by atoms with van der Waals surface area (Å²) in [6.07, 6.45) is 2.52. The number of benzene rings is 1. The van der Waals surface area contributed by atoms with E-state index < -0.39 is 0 Å². The van der Waals surface area contributed by atoms with Crippen molar-refractivity contribution in [2.75, 3.05) is 0 Å². The first-order valence-corrected chi connectivity index (χ1v) is 7.66. The normalized spacial score (nSPS) is 11.2. The zero-order valence-corrected chi connectivity index (χ0v) is 13.2. The molecule has 0 fully saturated rings. The summed E-state index contributed by atoms with van der Waals surface area (Å²) in [7, 11) is 0. The van der Waals surface area contributed by atoms with Crippen molar-refractivity contribution in [3.63, 3.8) is 0 Å². The molecule has 0 saturated carbocycles. The second-order valence-corrected chi connectivity index (χ2v) is 5.70. The highest BCUT2D eigenvalue weighted by atomic mass is 16.4. The molecule has 4 rings (SSSR count). The highest BCUT2D eigenvalue weighted by Gasteiger charge is 2.16. The summed E-state index contributed by atoms with van der Waals surface area (Å²) in [5.74, 6) is 2.56. The van der Waals surface area contributed by atoms with Gasteiger partial charge in [-0.15, -0.1) is 0 Å². The lowest BCUT2D eigenvalue weighted by atomic mass is 10.1. The Morgan fingerprint density at radius 1 is 1.00 bits per heavy atom. The van der Waals surface area contributed by atoms with Gasteiger partial charge < -0.3 is 4.42 Å². The second-order valence-electron chi connectivity index (χ2n) is 5.70. The Balaban J connectivity index is 1.90. The number of furan rings is 1. The van der Waals surface area contributed by atoms with Crippen LogP contribution in [0.1, 0.15) is 22.7 Å². The van der Waals surface area contributed by atoms with Crippen LogP contribution in [0.4, 0.5) is 0 Å². The molecule has 0 spiro atoms. The zero-order chi connectivity index (χ0) is 15.8. The molecule has 0 saturated heterocycles. The van der Waals surface area contributed by atoms with Gasteiger partial charge in [-0.25, -0.2) is 14.5 Å². The molecular formula is C19H17N3O. The highest BCUT2D eigenvalue weighted by Crippen LogP contribution is 2.24.